The van der Waals surface area contributed by atoms with Crippen molar-refractivity contribution in [1.82, 2.24) is 0 Å². The van der Waals surface area contributed by atoms with Gasteiger partial charge in [0.15, 0.2) is 11.5 Å². The molecule has 3 N–H and O–H groups in total. The molecule has 3 atom stereocenters. The molecule has 2 aromatic carbocycles. The van der Waals surface area contributed by atoms with Gasteiger partial charge in [-0.05, 0) is 61.3 Å². The maximum absolute atomic E-state index is 10.0. The molecule has 1 aliphatic rings. The second-order valence-electron chi connectivity index (χ2n) is 7.99. The van der Waals surface area contributed by atoms with Crippen molar-refractivity contribution >= 4 is 0 Å². The van der Waals surface area contributed by atoms with E-state index in [9.17, 15) is 5.11 Å². The monoisotopic (exact) mass is 383 g/mol. The fourth-order valence-electron chi connectivity index (χ4n) is 3.65. The molecule has 3 rings (SSSR count). The van der Waals surface area contributed by atoms with Crippen molar-refractivity contribution in [2.45, 2.75) is 78.4 Å². The molecule has 2 unspecified atom stereocenters. The number of phenolic OH excluding ortho intramolecular Hbond substituents is 1. The lowest BCUT2D eigenvalue weighted by molar-refractivity contribution is 0.124. The molecule has 0 fully saturated rings. The highest BCUT2D eigenvalue weighted by Gasteiger charge is 2.29. The van der Waals surface area contributed by atoms with Crippen LogP contribution in [0.1, 0.15) is 75.7 Å². The standard InChI is InChI=1S/C18H20O2.C7H17N/c1-12-6-5-9-16(19)18(12)20-17-13(2)10-11-14-7-3-4-8-15(14)17;1-3-5-6-7(8)4-2/h3-9,13,17,19H,10-11H2,1-2H3;7H,3-6,8H2,1-2H3/t13?,17-;/m1./s1. The van der Waals surface area contributed by atoms with Gasteiger partial charge in [-0.2, -0.15) is 0 Å². The minimum absolute atomic E-state index is 0.0203. The average molecular weight is 384 g/mol. The molecule has 3 heteroatoms. The Bertz CT molecular complexity index is 708. The zero-order valence-corrected chi connectivity index (χ0v) is 17.9. The molecule has 0 amide bonds. The number of phenols is 1. The molecule has 28 heavy (non-hydrogen) atoms. The summed E-state index contributed by atoms with van der Waals surface area (Å²) in [5.74, 6) is 1.28. The summed E-state index contributed by atoms with van der Waals surface area (Å²) in [4.78, 5) is 0. The van der Waals surface area contributed by atoms with Crippen molar-refractivity contribution < 1.29 is 9.84 Å². The van der Waals surface area contributed by atoms with Gasteiger partial charge in [0.05, 0.1) is 0 Å². The summed E-state index contributed by atoms with van der Waals surface area (Å²) in [5, 5.41) is 10.0. The van der Waals surface area contributed by atoms with E-state index in [2.05, 4.69) is 45.0 Å². The van der Waals surface area contributed by atoms with E-state index in [1.165, 1.54) is 30.4 Å². The topological polar surface area (TPSA) is 55.5 Å². The van der Waals surface area contributed by atoms with Crippen LogP contribution in [0.2, 0.25) is 0 Å². The van der Waals surface area contributed by atoms with Crippen molar-refractivity contribution in [3.63, 3.8) is 0 Å². The normalized spacial score (nSPS) is 19.2. The maximum atomic E-state index is 10.0. The van der Waals surface area contributed by atoms with Crippen LogP contribution < -0.4 is 10.5 Å². The van der Waals surface area contributed by atoms with Crippen LogP contribution in [0.25, 0.3) is 0 Å². The number of aryl methyl sites for hydroxylation is 2. The number of para-hydroxylation sites is 1. The Morgan fingerprint density at radius 3 is 2.57 bits per heavy atom. The molecule has 0 saturated heterocycles. The molecule has 0 aromatic heterocycles. The molecule has 0 heterocycles. The minimum atomic E-state index is 0.0203. The number of hydrogen-bond donors (Lipinski definition) is 2. The molecule has 0 spiro atoms. The Labute approximate surface area is 170 Å². The number of ether oxygens (including phenoxy) is 1. The highest BCUT2D eigenvalue weighted by atomic mass is 16.5. The SMILES string of the molecule is CCCCC(N)CC.Cc1cccc(O)c1O[C@H]1c2ccccc2CCC1C. The number of nitrogens with two attached hydrogens (primary N) is 1. The Kier molecular flexibility index (Phi) is 8.85. The summed E-state index contributed by atoms with van der Waals surface area (Å²) < 4.78 is 6.21. The first-order valence-electron chi connectivity index (χ1n) is 10.8. The lowest BCUT2D eigenvalue weighted by Gasteiger charge is -2.32. The van der Waals surface area contributed by atoms with Gasteiger partial charge in [-0.3, -0.25) is 0 Å². The summed E-state index contributed by atoms with van der Waals surface area (Å²) in [5.41, 5.74) is 9.25. The van der Waals surface area contributed by atoms with Crippen molar-refractivity contribution in [2.24, 2.45) is 11.7 Å². The van der Waals surface area contributed by atoms with E-state index in [1.807, 2.05) is 19.1 Å². The van der Waals surface area contributed by atoms with Gasteiger partial charge in [0.2, 0.25) is 0 Å². The van der Waals surface area contributed by atoms with Crippen LogP contribution in [0.15, 0.2) is 42.5 Å². The van der Waals surface area contributed by atoms with E-state index in [-0.39, 0.29) is 11.9 Å². The third kappa shape index (κ3) is 6.00. The van der Waals surface area contributed by atoms with Crippen LogP contribution >= 0.6 is 0 Å². The molecule has 0 radical (unpaired) electrons. The highest BCUT2D eigenvalue weighted by Crippen LogP contribution is 2.40. The fourth-order valence-corrected chi connectivity index (χ4v) is 3.65. The van der Waals surface area contributed by atoms with Crippen LogP contribution in [0.3, 0.4) is 0 Å². The number of aromatic hydroxyl groups is 1. The van der Waals surface area contributed by atoms with Gasteiger partial charge in [-0.25, -0.2) is 0 Å². The van der Waals surface area contributed by atoms with Gasteiger partial charge in [0.25, 0.3) is 0 Å². The molecular weight excluding hydrogens is 346 g/mol. The van der Waals surface area contributed by atoms with Gasteiger partial charge >= 0.3 is 0 Å². The number of fused-ring (bicyclic) bond motifs is 1. The predicted octanol–water partition coefficient (Wildman–Crippen LogP) is 6.32. The Morgan fingerprint density at radius 1 is 1.14 bits per heavy atom. The first-order chi connectivity index (χ1) is 13.5. The summed E-state index contributed by atoms with van der Waals surface area (Å²) in [6.07, 6.45) is 7.13. The average Bonchev–Trinajstić information content (AvgIpc) is 2.71. The molecule has 0 saturated carbocycles. The predicted molar refractivity (Wildman–Crippen MR) is 118 cm³/mol. The summed E-state index contributed by atoms with van der Waals surface area (Å²) in [6.45, 7) is 8.52. The first-order valence-corrected chi connectivity index (χ1v) is 10.8. The lowest BCUT2D eigenvalue weighted by atomic mass is 9.82. The smallest absolute Gasteiger partial charge is 0.164 e. The Balaban J connectivity index is 0.000000300. The third-order valence-electron chi connectivity index (χ3n) is 5.64. The van der Waals surface area contributed by atoms with Gasteiger partial charge in [0, 0.05) is 6.04 Å². The Morgan fingerprint density at radius 2 is 1.89 bits per heavy atom. The van der Waals surface area contributed by atoms with Crippen LogP contribution in [0, 0.1) is 12.8 Å². The minimum Gasteiger partial charge on any atom is -0.504 e. The quantitative estimate of drug-likeness (QED) is 0.614. The zero-order chi connectivity index (χ0) is 20.5. The first kappa shape index (κ1) is 22.3. The van der Waals surface area contributed by atoms with Crippen LogP contribution in [0.4, 0.5) is 0 Å². The van der Waals surface area contributed by atoms with E-state index in [1.54, 1.807) is 6.07 Å². The maximum Gasteiger partial charge on any atom is 0.164 e. The summed E-state index contributed by atoms with van der Waals surface area (Å²) in [7, 11) is 0. The highest BCUT2D eigenvalue weighted by molar-refractivity contribution is 5.45. The summed E-state index contributed by atoms with van der Waals surface area (Å²) in [6, 6.07) is 14.4. The Hall–Kier alpha value is -2.00. The van der Waals surface area contributed by atoms with Crippen molar-refractivity contribution in [3.8, 4) is 11.5 Å². The van der Waals surface area contributed by atoms with Gasteiger partial charge in [0.1, 0.15) is 6.10 Å². The van der Waals surface area contributed by atoms with Crippen molar-refractivity contribution in [3.05, 3.63) is 59.2 Å². The zero-order valence-electron chi connectivity index (χ0n) is 17.9. The molecule has 1 aliphatic carbocycles. The van der Waals surface area contributed by atoms with E-state index in [0.717, 1.165) is 24.8 Å². The second kappa shape index (κ2) is 11.1. The molecule has 154 valence electrons. The van der Waals surface area contributed by atoms with Gasteiger partial charge in [-0.15, -0.1) is 0 Å². The van der Waals surface area contributed by atoms with Crippen LogP contribution in [-0.4, -0.2) is 11.1 Å². The molecule has 0 aliphatic heterocycles. The van der Waals surface area contributed by atoms with Crippen molar-refractivity contribution in [2.75, 3.05) is 0 Å². The van der Waals surface area contributed by atoms with Crippen molar-refractivity contribution in [1.29, 1.82) is 0 Å². The van der Waals surface area contributed by atoms with E-state index in [4.69, 9.17) is 10.5 Å². The molecule has 0 bridgehead atoms. The number of benzene rings is 2. The molecule has 3 nitrogen and oxygen atoms in total. The van der Waals surface area contributed by atoms with E-state index >= 15 is 0 Å². The van der Waals surface area contributed by atoms with E-state index < -0.39 is 0 Å². The molecular formula is C25H37NO2. The fraction of sp³-hybridized carbons (Fsp3) is 0.520. The number of rotatable bonds is 6. The number of unbranched alkanes of at least 4 members (excludes halogenated alkanes) is 1. The second-order valence-corrected chi connectivity index (χ2v) is 7.99. The largest absolute Gasteiger partial charge is 0.504 e. The van der Waals surface area contributed by atoms with Crippen LogP contribution in [0.5, 0.6) is 11.5 Å². The van der Waals surface area contributed by atoms with Crippen LogP contribution in [-0.2, 0) is 6.42 Å². The number of hydrogen-bond acceptors (Lipinski definition) is 3. The van der Waals surface area contributed by atoms with E-state index in [0.29, 0.717) is 17.7 Å². The molecule has 2 aromatic rings. The van der Waals surface area contributed by atoms with Gasteiger partial charge < -0.3 is 15.6 Å². The lowest BCUT2D eigenvalue weighted by Crippen LogP contribution is -2.23. The third-order valence-corrected chi connectivity index (χ3v) is 5.64. The summed E-state index contributed by atoms with van der Waals surface area (Å²) >= 11 is 0. The van der Waals surface area contributed by atoms with Gasteiger partial charge in [-0.1, -0.05) is 70.0 Å².